The van der Waals surface area contributed by atoms with Crippen molar-refractivity contribution < 1.29 is 17.9 Å². The molecule has 1 aromatic rings. The van der Waals surface area contributed by atoms with Gasteiger partial charge in [0.1, 0.15) is 12.3 Å². The molecule has 20 heavy (non-hydrogen) atoms. The quantitative estimate of drug-likeness (QED) is 0.850. The summed E-state index contributed by atoms with van der Waals surface area (Å²) in [6.45, 7) is 3.56. The minimum absolute atomic E-state index is 0.0396. The molecule has 0 atom stereocenters. The number of nitrogens with zero attached hydrogens (tertiary/aromatic N) is 1. The van der Waals surface area contributed by atoms with Crippen LogP contribution in [0.4, 0.5) is 5.69 Å². The lowest BCUT2D eigenvalue weighted by atomic mass is 10.3. The van der Waals surface area contributed by atoms with Crippen LogP contribution in [0.1, 0.15) is 13.8 Å². The fourth-order valence-corrected chi connectivity index (χ4v) is 2.43. The Balaban J connectivity index is 3.00. The second-order valence-corrected chi connectivity index (χ2v) is 6.51. The lowest BCUT2D eigenvalue weighted by Gasteiger charge is -2.21. The number of rotatable bonds is 6. The summed E-state index contributed by atoms with van der Waals surface area (Å²) in [6.07, 6.45) is 1.10. The van der Waals surface area contributed by atoms with E-state index in [2.05, 4.69) is 5.32 Å². The molecule has 0 radical (unpaired) electrons. The number of ether oxygens (including phenoxy) is 1. The first kappa shape index (κ1) is 16.3. The van der Waals surface area contributed by atoms with Gasteiger partial charge in [0.05, 0.1) is 18.0 Å². The molecule has 0 aliphatic carbocycles. The molecule has 0 unspecified atom stereocenters. The van der Waals surface area contributed by atoms with E-state index in [4.69, 9.17) is 4.74 Å². The minimum atomic E-state index is -3.53. The summed E-state index contributed by atoms with van der Waals surface area (Å²) in [7, 11) is -2.07. The molecule has 0 aliphatic heterocycles. The summed E-state index contributed by atoms with van der Waals surface area (Å²) >= 11 is 0. The van der Waals surface area contributed by atoms with Crippen LogP contribution in [0.2, 0.25) is 0 Å². The largest absolute Gasteiger partial charge is 0.491 e. The molecule has 0 aromatic heterocycles. The van der Waals surface area contributed by atoms with Gasteiger partial charge in [-0.25, -0.2) is 8.42 Å². The second kappa shape index (κ2) is 6.60. The Morgan fingerprint density at radius 1 is 1.30 bits per heavy atom. The van der Waals surface area contributed by atoms with Gasteiger partial charge in [-0.1, -0.05) is 0 Å². The number of sulfonamides is 1. The van der Waals surface area contributed by atoms with Crippen molar-refractivity contribution in [2.24, 2.45) is 0 Å². The third kappa shape index (κ3) is 4.73. The van der Waals surface area contributed by atoms with Crippen molar-refractivity contribution in [1.82, 2.24) is 5.32 Å². The summed E-state index contributed by atoms with van der Waals surface area (Å²) in [5, 5.41) is 2.41. The average molecular weight is 300 g/mol. The van der Waals surface area contributed by atoms with Crippen molar-refractivity contribution in [3.63, 3.8) is 0 Å². The normalized spacial score (nSPS) is 11.2. The van der Waals surface area contributed by atoms with E-state index in [1.165, 1.54) is 7.05 Å². The Morgan fingerprint density at radius 2 is 1.85 bits per heavy atom. The first-order valence-electron chi connectivity index (χ1n) is 6.19. The number of anilines is 1. The van der Waals surface area contributed by atoms with Gasteiger partial charge in [0, 0.05) is 7.05 Å². The van der Waals surface area contributed by atoms with Crippen LogP contribution in [0, 0.1) is 0 Å². The molecule has 1 aromatic carbocycles. The van der Waals surface area contributed by atoms with E-state index in [1.54, 1.807) is 24.3 Å². The van der Waals surface area contributed by atoms with Crippen LogP contribution in [0.5, 0.6) is 5.75 Å². The van der Waals surface area contributed by atoms with Crippen molar-refractivity contribution in [2.45, 2.75) is 20.0 Å². The average Bonchev–Trinajstić information content (AvgIpc) is 2.34. The number of hydrogen-bond acceptors (Lipinski definition) is 4. The van der Waals surface area contributed by atoms with Crippen molar-refractivity contribution >= 4 is 21.6 Å². The molecule has 0 saturated heterocycles. The van der Waals surface area contributed by atoms with Crippen LogP contribution in [-0.2, 0) is 14.8 Å². The number of carbonyl (C=O) groups excluding carboxylic acids is 1. The van der Waals surface area contributed by atoms with Gasteiger partial charge in [0.25, 0.3) is 0 Å². The maximum atomic E-state index is 11.8. The molecule has 112 valence electrons. The highest BCUT2D eigenvalue weighted by Crippen LogP contribution is 2.22. The highest BCUT2D eigenvalue weighted by atomic mass is 32.2. The molecule has 0 bridgehead atoms. The number of nitrogens with one attached hydrogen (secondary N) is 1. The SMILES string of the molecule is CNC(=O)CN(c1ccc(OC(C)C)cc1)S(C)(=O)=O. The highest BCUT2D eigenvalue weighted by molar-refractivity contribution is 7.92. The smallest absolute Gasteiger partial charge is 0.240 e. The predicted octanol–water partition coefficient (Wildman–Crippen LogP) is 0.986. The zero-order chi connectivity index (χ0) is 15.3. The lowest BCUT2D eigenvalue weighted by molar-refractivity contribution is -0.119. The molecule has 1 amide bonds. The van der Waals surface area contributed by atoms with Crippen LogP contribution in [0.25, 0.3) is 0 Å². The van der Waals surface area contributed by atoms with E-state index in [-0.39, 0.29) is 18.6 Å². The first-order valence-corrected chi connectivity index (χ1v) is 8.04. The molecule has 0 saturated carbocycles. The standard InChI is InChI=1S/C13H20N2O4S/c1-10(2)19-12-7-5-11(6-8-12)15(20(4,17)18)9-13(16)14-3/h5-8,10H,9H2,1-4H3,(H,14,16). The summed E-state index contributed by atoms with van der Waals surface area (Å²) in [5.74, 6) is 0.273. The monoisotopic (exact) mass is 300 g/mol. The van der Waals surface area contributed by atoms with Crippen molar-refractivity contribution in [3.05, 3.63) is 24.3 Å². The molecule has 0 spiro atoms. The number of likely N-dealkylation sites (N-methyl/N-ethyl adjacent to an activating group) is 1. The van der Waals surface area contributed by atoms with Gasteiger partial charge in [-0.3, -0.25) is 9.10 Å². The molecular formula is C13H20N2O4S. The highest BCUT2D eigenvalue weighted by Gasteiger charge is 2.20. The van der Waals surface area contributed by atoms with Gasteiger partial charge in [-0.15, -0.1) is 0 Å². The van der Waals surface area contributed by atoms with Crippen LogP contribution in [-0.4, -0.2) is 40.3 Å². The van der Waals surface area contributed by atoms with Crippen molar-refractivity contribution in [1.29, 1.82) is 0 Å². The van der Waals surface area contributed by atoms with E-state index in [0.29, 0.717) is 11.4 Å². The van der Waals surface area contributed by atoms with Crippen molar-refractivity contribution in [3.8, 4) is 5.75 Å². The van der Waals surface area contributed by atoms with E-state index >= 15 is 0 Å². The van der Waals surface area contributed by atoms with Crippen LogP contribution >= 0.6 is 0 Å². The van der Waals surface area contributed by atoms with Gasteiger partial charge in [0.15, 0.2) is 0 Å². The van der Waals surface area contributed by atoms with Gasteiger partial charge >= 0.3 is 0 Å². The van der Waals surface area contributed by atoms with E-state index in [0.717, 1.165) is 10.6 Å². The third-order valence-electron chi connectivity index (χ3n) is 2.46. The molecule has 0 aliphatic rings. The number of benzene rings is 1. The zero-order valence-corrected chi connectivity index (χ0v) is 12.9. The Bertz CT molecular complexity index is 552. The second-order valence-electron chi connectivity index (χ2n) is 4.60. The maximum absolute atomic E-state index is 11.8. The molecule has 1 rings (SSSR count). The molecule has 0 heterocycles. The zero-order valence-electron chi connectivity index (χ0n) is 12.1. The van der Waals surface area contributed by atoms with E-state index in [9.17, 15) is 13.2 Å². The van der Waals surface area contributed by atoms with Crippen LogP contribution in [0.15, 0.2) is 24.3 Å². The molecule has 7 heteroatoms. The Hall–Kier alpha value is -1.76. The molecular weight excluding hydrogens is 280 g/mol. The fourth-order valence-electron chi connectivity index (χ4n) is 1.57. The number of hydrogen-bond donors (Lipinski definition) is 1. The van der Waals surface area contributed by atoms with Gasteiger partial charge in [-0.2, -0.15) is 0 Å². The predicted molar refractivity (Wildman–Crippen MR) is 78.5 cm³/mol. The summed E-state index contributed by atoms with van der Waals surface area (Å²) in [4.78, 5) is 11.4. The summed E-state index contributed by atoms with van der Waals surface area (Å²) < 4.78 is 30.1. The summed E-state index contributed by atoms with van der Waals surface area (Å²) in [6, 6.07) is 6.58. The van der Waals surface area contributed by atoms with E-state index < -0.39 is 10.0 Å². The van der Waals surface area contributed by atoms with Gasteiger partial charge in [-0.05, 0) is 38.1 Å². The number of carbonyl (C=O) groups is 1. The minimum Gasteiger partial charge on any atom is -0.491 e. The van der Waals surface area contributed by atoms with Crippen LogP contribution < -0.4 is 14.4 Å². The molecule has 0 fully saturated rings. The fraction of sp³-hybridized carbons (Fsp3) is 0.462. The Morgan fingerprint density at radius 3 is 2.25 bits per heavy atom. The Labute approximate surface area is 119 Å². The first-order chi connectivity index (χ1) is 9.24. The molecule has 6 nitrogen and oxygen atoms in total. The Kier molecular flexibility index (Phi) is 5.38. The van der Waals surface area contributed by atoms with E-state index in [1.807, 2.05) is 13.8 Å². The van der Waals surface area contributed by atoms with Gasteiger partial charge in [0.2, 0.25) is 15.9 Å². The lowest BCUT2D eigenvalue weighted by Crippen LogP contribution is -2.39. The topological polar surface area (TPSA) is 75.7 Å². The maximum Gasteiger partial charge on any atom is 0.240 e. The third-order valence-corrected chi connectivity index (χ3v) is 3.60. The van der Waals surface area contributed by atoms with Crippen molar-refractivity contribution in [2.75, 3.05) is 24.2 Å². The van der Waals surface area contributed by atoms with Crippen LogP contribution in [0.3, 0.4) is 0 Å². The summed E-state index contributed by atoms with van der Waals surface area (Å²) in [5.41, 5.74) is 0.423. The molecule has 1 N–H and O–H groups in total. The number of amides is 1. The van der Waals surface area contributed by atoms with Gasteiger partial charge < -0.3 is 10.1 Å².